The number of aromatic nitrogens is 2. The van der Waals surface area contributed by atoms with E-state index >= 15 is 0 Å². The fourth-order valence-corrected chi connectivity index (χ4v) is 2.02. The first-order valence-electron chi connectivity index (χ1n) is 6.77. The smallest absolute Gasteiger partial charge is 0.254 e. The van der Waals surface area contributed by atoms with Gasteiger partial charge in [-0.1, -0.05) is 29.8 Å². The van der Waals surface area contributed by atoms with E-state index in [1.165, 1.54) is 18.2 Å². The molecule has 1 heterocycles. The van der Waals surface area contributed by atoms with E-state index in [1.54, 1.807) is 0 Å². The molecule has 0 spiro atoms. The first-order valence-corrected chi connectivity index (χ1v) is 7.15. The van der Waals surface area contributed by atoms with Crippen LogP contribution in [-0.4, -0.2) is 10.2 Å². The molecule has 118 valence electrons. The van der Waals surface area contributed by atoms with Gasteiger partial charge in [0.15, 0.2) is 13.2 Å². The van der Waals surface area contributed by atoms with Crippen LogP contribution in [0.4, 0.5) is 4.39 Å². The van der Waals surface area contributed by atoms with Gasteiger partial charge in [-0.15, -0.1) is 10.2 Å². The number of nitrogens with zero attached hydrogens (tertiary/aromatic N) is 2. The highest BCUT2D eigenvalue weighted by Gasteiger charge is 2.09. The number of benzene rings is 2. The molecule has 0 aliphatic rings. The average molecular weight is 335 g/mol. The summed E-state index contributed by atoms with van der Waals surface area (Å²) in [7, 11) is 0. The lowest BCUT2D eigenvalue weighted by Gasteiger charge is -2.05. The van der Waals surface area contributed by atoms with Crippen LogP contribution in [0.15, 0.2) is 52.9 Å². The molecule has 1 aromatic heterocycles. The van der Waals surface area contributed by atoms with Crippen molar-refractivity contribution in [2.45, 2.75) is 13.2 Å². The third-order valence-corrected chi connectivity index (χ3v) is 3.15. The summed E-state index contributed by atoms with van der Waals surface area (Å²) in [5.41, 5.74) is 0. The molecule has 0 bridgehead atoms. The molecule has 23 heavy (non-hydrogen) atoms. The first kappa shape index (κ1) is 15.3. The molecule has 7 heteroatoms. The quantitative estimate of drug-likeness (QED) is 0.681. The lowest BCUT2D eigenvalue weighted by molar-refractivity contribution is 0.231. The predicted molar refractivity (Wildman–Crippen MR) is 80.8 cm³/mol. The maximum atomic E-state index is 12.9. The fraction of sp³-hybridized carbons (Fsp3) is 0.125. The first-order chi connectivity index (χ1) is 11.2. The molecule has 2 aromatic carbocycles. The molecule has 3 rings (SSSR count). The number of hydrogen-bond acceptors (Lipinski definition) is 5. The van der Waals surface area contributed by atoms with Gasteiger partial charge in [-0.3, -0.25) is 0 Å². The van der Waals surface area contributed by atoms with Crippen LogP contribution < -0.4 is 9.47 Å². The van der Waals surface area contributed by atoms with Crippen molar-refractivity contribution in [3.63, 3.8) is 0 Å². The van der Waals surface area contributed by atoms with E-state index in [4.69, 9.17) is 25.5 Å². The van der Waals surface area contributed by atoms with E-state index in [2.05, 4.69) is 10.2 Å². The number of hydrogen-bond donors (Lipinski definition) is 0. The van der Waals surface area contributed by atoms with Crippen LogP contribution in [-0.2, 0) is 13.2 Å². The van der Waals surface area contributed by atoms with Crippen molar-refractivity contribution in [2.24, 2.45) is 0 Å². The van der Waals surface area contributed by atoms with Crippen molar-refractivity contribution in [1.29, 1.82) is 0 Å². The van der Waals surface area contributed by atoms with Crippen LogP contribution >= 0.6 is 11.6 Å². The minimum absolute atomic E-state index is 0.0314. The zero-order valence-corrected chi connectivity index (χ0v) is 12.7. The van der Waals surface area contributed by atoms with Crippen LogP contribution in [0.1, 0.15) is 11.8 Å². The highest BCUT2D eigenvalue weighted by atomic mass is 35.5. The second kappa shape index (κ2) is 7.11. The zero-order valence-electron chi connectivity index (χ0n) is 11.9. The molecular weight excluding hydrogens is 323 g/mol. The Kier molecular flexibility index (Phi) is 4.73. The van der Waals surface area contributed by atoms with E-state index in [0.717, 1.165) is 0 Å². The Morgan fingerprint density at radius 1 is 0.957 bits per heavy atom. The molecule has 0 saturated heterocycles. The maximum absolute atomic E-state index is 12.9. The zero-order chi connectivity index (χ0) is 16.1. The van der Waals surface area contributed by atoms with Crippen LogP contribution in [0.2, 0.25) is 5.02 Å². The Morgan fingerprint density at radius 3 is 2.35 bits per heavy atom. The van der Waals surface area contributed by atoms with Crippen molar-refractivity contribution in [1.82, 2.24) is 10.2 Å². The summed E-state index contributed by atoms with van der Waals surface area (Å²) < 4.78 is 29.3. The minimum atomic E-state index is -0.430. The summed E-state index contributed by atoms with van der Waals surface area (Å²) >= 11 is 5.87. The Hall–Kier alpha value is -2.60. The number of rotatable bonds is 6. The van der Waals surface area contributed by atoms with Gasteiger partial charge in [0.2, 0.25) is 0 Å². The van der Waals surface area contributed by atoms with Crippen molar-refractivity contribution in [3.05, 3.63) is 71.2 Å². The van der Waals surface area contributed by atoms with Crippen molar-refractivity contribution in [2.75, 3.05) is 0 Å². The Bertz CT molecular complexity index is 780. The van der Waals surface area contributed by atoms with Gasteiger partial charge >= 0.3 is 0 Å². The average Bonchev–Trinajstić information content (AvgIpc) is 3.01. The summed E-state index contributed by atoms with van der Waals surface area (Å²) in [5.74, 6) is 1.23. The van der Waals surface area contributed by atoms with Crippen molar-refractivity contribution in [3.8, 4) is 11.5 Å². The molecule has 3 aromatic rings. The lowest BCUT2D eigenvalue weighted by Crippen LogP contribution is -1.96. The summed E-state index contributed by atoms with van der Waals surface area (Å²) in [6.07, 6.45) is 0. The van der Waals surface area contributed by atoms with E-state index in [9.17, 15) is 4.39 Å². The topological polar surface area (TPSA) is 57.4 Å². The molecule has 0 aliphatic heterocycles. The molecule has 0 unspecified atom stereocenters. The molecule has 0 amide bonds. The van der Waals surface area contributed by atoms with Gasteiger partial charge < -0.3 is 13.9 Å². The van der Waals surface area contributed by atoms with E-state index < -0.39 is 5.82 Å². The van der Waals surface area contributed by atoms with Crippen molar-refractivity contribution >= 4 is 11.6 Å². The monoisotopic (exact) mass is 334 g/mol. The minimum Gasteiger partial charge on any atom is -0.484 e. The molecular formula is C16H12ClFN2O3. The molecule has 0 atom stereocenters. The third kappa shape index (κ3) is 4.20. The standard InChI is InChI=1S/C16H12ClFN2O3/c17-13-8-11(18)6-7-14(13)22-10-16-20-19-15(23-16)9-21-12-4-2-1-3-5-12/h1-8H,9-10H2. The Morgan fingerprint density at radius 2 is 1.65 bits per heavy atom. The lowest BCUT2D eigenvalue weighted by atomic mass is 10.3. The number of ether oxygens (including phenoxy) is 2. The normalized spacial score (nSPS) is 10.5. The molecule has 0 aliphatic carbocycles. The Balaban J connectivity index is 1.55. The summed E-state index contributed by atoms with van der Waals surface area (Å²) in [6.45, 7) is 0.192. The fourth-order valence-electron chi connectivity index (χ4n) is 1.80. The van der Waals surface area contributed by atoms with Gasteiger partial charge in [-0.05, 0) is 30.3 Å². The van der Waals surface area contributed by atoms with Gasteiger partial charge in [0, 0.05) is 0 Å². The molecule has 0 fully saturated rings. The highest BCUT2D eigenvalue weighted by molar-refractivity contribution is 6.32. The summed E-state index contributed by atoms with van der Waals surface area (Å²) in [5, 5.41) is 7.90. The van der Waals surface area contributed by atoms with Gasteiger partial charge in [0.25, 0.3) is 11.8 Å². The molecule has 0 radical (unpaired) electrons. The van der Waals surface area contributed by atoms with Gasteiger partial charge in [0.05, 0.1) is 5.02 Å². The van der Waals surface area contributed by atoms with Crippen LogP contribution in [0, 0.1) is 5.82 Å². The van der Waals surface area contributed by atoms with E-state index in [0.29, 0.717) is 17.4 Å². The Labute approximate surface area is 136 Å². The van der Waals surface area contributed by atoms with Crippen LogP contribution in [0.5, 0.6) is 11.5 Å². The second-order valence-electron chi connectivity index (χ2n) is 4.55. The SMILES string of the molecule is Fc1ccc(OCc2nnc(COc3ccccc3)o2)c(Cl)c1. The molecule has 5 nitrogen and oxygen atoms in total. The van der Waals surface area contributed by atoms with E-state index in [1.807, 2.05) is 30.3 Å². The third-order valence-electron chi connectivity index (χ3n) is 2.86. The highest BCUT2D eigenvalue weighted by Crippen LogP contribution is 2.25. The largest absolute Gasteiger partial charge is 0.484 e. The van der Waals surface area contributed by atoms with E-state index in [-0.39, 0.29) is 24.1 Å². The maximum Gasteiger partial charge on any atom is 0.254 e. The van der Waals surface area contributed by atoms with Gasteiger partial charge in [0.1, 0.15) is 17.3 Å². The van der Waals surface area contributed by atoms with Crippen LogP contribution in [0.3, 0.4) is 0 Å². The van der Waals surface area contributed by atoms with Crippen LogP contribution in [0.25, 0.3) is 0 Å². The number of halogens is 2. The molecule has 0 N–H and O–H groups in total. The number of para-hydroxylation sites is 1. The van der Waals surface area contributed by atoms with Gasteiger partial charge in [-0.2, -0.15) is 0 Å². The predicted octanol–water partition coefficient (Wildman–Crippen LogP) is 4.02. The van der Waals surface area contributed by atoms with Gasteiger partial charge in [-0.25, -0.2) is 4.39 Å². The summed E-state index contributed by atoms with van der Waals surface area (Å²) in [4.78, 5) is 0. The summed E-state index contributed by atoms with van der Waals surface area (Å²) in [6, 6.07) is 13.2. The molecule has 0 saturated carbocycles. The second-order valence-corrected chi connectivity index (χ2v) is 4.96. The van der Waals surface area contributed by atoms with Crippen molar-refractivity contribution < 1.29 is 18.3 Å².